The Morgan fingerprint density at radius 3 is 2.42 bits per heavy atom. The molecule has 0 aliphatic carbocycles. The van der Waals surface area contributed by atoms with Crippen LogP contribution in [0, 0.1) is 6.92 Å². The largest absolute Gasteiger partial charge is 0.367 e. The van der Waals surface area contributed by atoms with E-state index in [9.17, 15) is 4.79 Å². The van der Waals surface area contributed by atoms with Gasteiger partial charge in [-0.05, 0) is 37.2 Å². The lowest BCUT2D eigenvalue weighted by atomic mass is 10.1. The Kier molecular flexibility index (Phi) is 5.16. The molecule has 1 aliphatic heterocycles. The SMILES string of the molecule is Cc1ccccc1CC(=O)Nc1ccccc1N1CCN(C)CC1. The molecule has 24 heavy (non-hydrogen) atoms. The van der Waals surface area contributed by atoms with Crippen molar-refractivity contribution < 1.29 is 4.79 Å². The third kappa shape index (κ3) is 3.95. The van der Waals surface area contributed by atoms with Gasteiger partial charge in [0.1, 0.15) is 0 Å². The molecule has 1 fully saturated rings. The average molecular weight is 323 g/mol. The smallest absolute Gasteiger partial charge is 0.228 e. The van der Waals surface area contributed by atoms with Crippen molar-refractivity contribution in [3.8, 4) is 0 Å². The molecule has 1 heterocycles. The summed E-state index contributed by atoms with van der Waals surface area (Å²) in [7, 11) is 2.15. The lowest BCUT2D eigenvalue weighted by molar-refractivity contribution is -0.115. The molecule has 126 valence electrons. The number of piperazine rings is 1. The molecule has 0 unspecified atom stereocenters. The molecule has 0 radical (unpaired) electrons. The topological polar surface area (TPSA) is 35.6 Å². The molecule has 2 aromatic rings. The van der Waals surface area contributed by atoms with Crippen molar-refractivity contribution in [3.05, 3.63) is 59.7 Å². The van der Waals surface area contributed by atoms with Gasteiger partial charge in [-0.3, -0.25) is 4.79 Å². The number of likely N-dealkylation sites (N-methyl/N-ethyl adjacent to an activating group) is 1. The molecule has 0 spiro atoms. The minimum atomic E-state index is 0.0332. The molecule has 1 saturated heterocycles. The second kappa shape index (κ2) is 7.49. The maximum atomic E-state index is 12.5. The summed E-state index contributed by atoms with van der Waals surface area (Å²) in [5.74, 6) is 0.0332. The van der Waals surface area contributed by atoms with Gasteiger partial charge in [0.25, 0.3) is 0 Å². The highest BCUT2D eigenvalue weighted by Gasteiger charge is 2.17. The minimum absolute atomic E-state index is 0.0332. The molecule has 1 aliphatic rings. The van der Waals surface area contributed by atoms with Gasteiger partial charge in [0.05, 0.1) is 17.8 Å². The predicted octanol–water partition coefficient (Wildman–Crippen LogP) is 2.93. The Balaban J connectivity index is 1.71. The number of rotatable bonds is 4. The number of carbonyl (C=O) groups excluding carboxylic acids is 1. The molecule has 0 bridgehead atoms. The van der Waals surface area contributed by atoms with Crippen LogP contribution in [0.2, 0.25) is 0 Å². The van der Waals surface area contributed by atoms with Gasteiger partial charge in [-0.25, -0.2) is 0 Å². The molecule has 4 heteroatoms. The summed E-state index contributed by atoms with van der Waals surface area (Å²) in [5.41, 5.74) is 4.25. The van der Waals surface area contributed by atoms with Crippen molar-refractivity contribution in [1.82, 2.24) is 4.90 Å². The summed E-state index contributed by atoms with van der Waals surface area (Å²) in [6, 6.07) is 16.1. The van der Waals surface area contributed by atoms with E-state index in [0.717, 1.165) is 48.7 Å². The van der Waals surface area contributed by atoms with E-state index in [1.165, 1.54) is 0 Å². The van der Waals surface area contributed by atoms with Crippen LogP contribution in [0.15, 0.2) is 48.5 Å². The third-order valence-corrected chi connectivity index (χ3v) is 4.63. The van der Waals surface area contributed by atoms with Crippen LogP contribution in [0.5, 0.6) is 0 Å². The van der Waals surface area contributed by atoms with Crippen molar-refractivity contribution in [1.29, 1.82) is 0 Å². The monoisotopic (exact) mass is 323 g/mol. The number of para-hydroxylation sites is 2. The van der Waals surface area contributed by atoms with Gasteiger partial charge in [0.15, 0.2) is 0 Å². The first-order valence-electron chi connectivity index (χ1n) is 8.50. The van der Waals surface area contributed by atoms with Gasteiger partial charge < -0.3 is 15.1 Å². The normalized spacial score (nSPS) is 15.3. The van der Waals surface area contributed by atoms with Crippen molar-refractivity contribution in [2.24, 2.45) is 0 Å². The van der Waals surface area contributed by atoms with Gasteiger partial charge in [-0.2, -0.15) is 0 Å². The van der Waals surface area contributed by atoms with E-state index in [0.29, 0.717) is 6.42 Å². The highest BCUT2D eigenvalue weighted by Crippen LogP contribution is 2.26. The fraction of sp³-hybridized carbons (Fsp3) is 0.350. The van der Waals surface area contributed by atoms with E-state index >= 15 is 0 Å². The zero-order chi connectivity index (χ0) is 16.9. The second-order valence-corrected chi connectivity index (χ2v) is 6.46. The maximum absolute atomic E-state index is 12.5. The average Bonchev–Trinajstić information content (AvgIpc) is 2.58. The fourth-order valence-corrected chi connectivity index (χ4v) is 3.08. The summed E-state index contributed by atoms with van der Waals surface area (Å²) in [6.45, 7) is 6.11. The lowest BCUT2D eigenvalue weighted by Crippen LogP contribution is -2.44. The van der Waals surface area contributed by atoms with E-state index in [-0.39, 0.29) is 5.91 Å². The number of nitrogens with zero attached hydrogens (tertiary/aromatic N) is 2. The first-order chi connectivity index (χ1) is 11.6. The lowest BCUT2D eigenvalue weighted by Gasteiger charge is -2.35. The number of benzene rings is 2. The van der Waals surface area contributed by atoms with Crippen molar-refractivity contribution in [2.45, 2.75) is 13.3 Å². The first-order valence-corrected chi connectivity index (χ1v) is 8.50. The van der Waals surface area contributed by atoms with Crippen LogP contribution in [0.4, 0.5) is 11.4 Å². The quantitative estimate of drug-likeness (QED) is 0.940. The molecule has 2 aromatic carbocycles. The zero-order valence-electron chi connectivity index (χ0n) is 14.5. The fourth-order valence-electron chi connectivity index (χ4n) is 3.08. The van der Waals surface area contributed by atoms with E-state index in [4.69, 9.17) is 0 Å². The van der Waals surface area contributed by atoms with Gasteiger partial charge in [-0.1, -0.05) is 36.4 Å². The summed E-state index contributed by atoms with van der Waals surface area (Å²) < 4.78 is 0. The number of nitrogens with one attached hydrogen (secondary N) is 1. The summed E-state index contributed by atoms with van der Waals surface area (Å²) >= 11 is 0. The summed E-state index contributed by atoms with van der Waals surface area (Å²) in [4.78, 5) is 17.2. The van der Waals surface area contributed by atoms with Crippen LogP contribution in [0.1, 0.15) is 11.1 Å². The molecule has 0 saturated carbocycles. The van der Waals surface area contributed by atoms with Gasteiger partial charge in [0.2, 0.25) is 5.91 Å². The minimum Gasteiger partial charge on any atom is -0.367 e. The van der Waals surface area contributed by atoms with E-state index < -0.39 is 0 Å². The third-order valence-electron chi connectivity index (χ3n) is 4.63. The van der Waals surface area contributed by atoms with Crippen LogP contribution in [0.3, 0.4) is 0 Å². The van der Waals surface area contributed by atoms with Gasteiger partial charge in [-0.15, -0.1) is 0 Å². The number of aryl methyl sites for hydroxylation is 1. The van der Waals surface area contributed by atoms with E-state index in [1.807, 2.05) is 49.4 Å². The maximum Gasteiger partial charge on any atom is 0.228 e. The Morgan fingerprint density at radius 2 is 1.67 bits per heavy atom. The van der Waals surface area contributed by atoms with Crippen molar-refractivity contribution in [3.63, 3.8) is 0 Å². The van der Waals surface area contributed by atoms with E-state index in [2.05, 4.69) is 28.2 Å². The Labute approximate surface area is 144 Å². The van der Waals surface area contributed by atoms with Crippen molar-refractivity contribution >= 4 is 17.3 Å². The Bertz CT molecular complexity index is 706. The van der Waals surface area contributed by atoms with Crippen molar-refractivity contribution in [2.75, 3.05) is 43.4 Å². The standard InChI is InChI=1S/C20H25N3O/c1-16-7-3-4-8-17(16)15-20(24)21-18-9-5-6-10-19(18)23-13-11-22(2)12-14-23/h3-10H,11-15H2,1-2H3,(H,21,24). The Morgan fingerprint density at radius 1 is 1.00 bits per heavy atom. The second-order valence-electron chi connectivity index (χ2n) is 6.46. The number of carbonyl (C=O) groups is 1. The highest BCUT2D eigenvalue weighted by atomic mass is 16.1. The number of anilines is 2. The number of hydrogen-bond acceptors (Lipinski definition) is 3. The number of hydrogen-bond donors (Lipinski definition) is 1. The van der Waals surface area contributed by atoms with Crippen LogP contribution in [0.25, 0.3) is 0 Å². The first kappa shape index (κ1) is 16.5. The molecule has 0 aromatic heterocycles. The molecule has 0 atom stereocenters. The van der Waals surface area contributed by atoms with Crippen LogP contribution in [-0.4, -0.2) is 44.0 Å². The zero-order valence-corrected chi connectivity index (χ0v) is 14.5. The van der Waals surface area contributed by atoms with Crippen LogP contribution >= 0.6 is 0 Å². The molecular formula is C20H25N3O. The molecule has 4 nitrogen and oxygen atoms in total. The van der Waals surface area contributed by atoms with Crippen LogP contribution in [-0.2, 0) is 11.2 Å². The molecule has 1 amide bonds. The molecule has 3 rings (SSSR count). The number of amides is 1. The van der Waals surface area contributed by atoms with Crippen LogP contribution < -0.4 is 10.2 Å². The summed E-state index contributed by atoms with van der Waals surface area (Å²) in [5, 5.41) is 3.10. The summed E-state index contributed by atoms with van der Waals surface area (Å²) in [6.07, 6.45) is 0.406. The van der Waals surface area contributed by atoms with E-state index in [1.54, 1.807) is 0 Å². The van der Waals surface area contributed by atoms with Gasteiger partial charge in [0, 0.05) is 26.2 Å². The van der Waals surface area contributed by atoms with Gasteiger partial charge >= 0.3 is 0 Å². The molecular weight excluding hydrogens is 298 g/mol. The highest BCUT2D eigenvalue weighted by molar-refractivity contribution is 5.95. The molecule has 1 N–H and O–H groups in total. The Hall–Kier alpha value is -2.33. The predicted molar refractivity (Wildman–Crippen MR) is 99.7 cm³/mol.